The first-order chi connectivity index (χ1) is 12.7. The number of fused-ring (bicyclic) bond motifs is 2. The molecule has 0 aromatic heterocycles. The van der Waals surface area contributed by atoms with Crippen molar-refractivity contribution in [2.75, 3.05) is 13.3 Å². The molecule has 0 bridgehead atoms. The topological polar surface area (TPSA) is 0 Å². The van der Waals surface area contributed by atoms with Crippen LogP contribution in [0.1, 0.15) is 6.92 Å². The Morgan fingerprint density at radius 3 is 2.04 bits per heavy atom. The van der Waals surface area contributed by atoms with Crippen molar-refractivity contribution in [3.63, 3.8) is 0 Å². The second-order valence-corrected chi connectivity index (χ2v) is 8.46. The van der Waals surface area contributed by atoms with Gasteiger partial charge < -0.3 is 0 Å². The molecule has 0 fully saturated rings. The minimum atomic E-state index is 0. The molecule has 0 aliphatic rings. The van der Waals surface area contributed by atoms with Gasteiger partial charge in [0.1, 0.15) is 0 Å². The van der Waals surface area contributed by atoms with Gasteiger partial charge in [-0.3, -0.25) is 0 Å². The third-order valence-corrected chi connectivity index (χ3v) is 5.29. The molecule has 0 radical (unpaired) electrons. The van der Waals surface area contributed by atoms with Crippen molar-refractivity contribution < 1.29 is 25.8 Å². The van der Waals surface area contributed by atoms with Crippen LogP contribution < -0.4 is 5.30 Å². The van der Waals surface area contributed by atoms with Gasteiger partial charge in [0.25, 0.3) is 0 Å². The molecule has 0 saturated heterocycles. The molecule has 0 amide bonds. The van der Waals surface area contributed by atoms with Crippen LogP contribution in [0.2, 0.25) is 0 Å². The molecule has 4 rings (SSSR count). The molecule has 0 saturated carbocycles. The average Bonchev–Trinajstić information content (AvgIpc) is 3.30. The summed E-state index contributed by atoms with van der Waals surface area (Å²) in [5, 5.41) is 6.92. The van der Waals surface area contributed by atoms with Crippen molar-refractivity contribution in [2.45, 2.75) is 6.92 Å². The standard InChI is InChI=1S/C11H12P.C9H7.C5H8.Hf/c1-12(2)11-7-9-5-3-4-6-10(9)8-11;1-2-5-9-7-3-6-8(9)4-1;1-3-5-4-2;/h3-8H,1-2H3;1-7H;3-5H,1H2,2H3;/q2*-1;;. The van der Waals surface area contributed by atoms with E-state index >= 15 is 0 Å². The van der Waals surface area contributed by atoms with E-state index < -0.39 is 0 Å². The third-order valence-electron chi connectivity index (χ3n) is 4.00. The van der Waals surface area contributed by atoms with Crippen LogP contribution in [0.4, 0.5) is 0 Å². The maximum Gasteiger partial charge on any atom is 0 e. The van der Waals surface area contributed by atoms with Crippen LogP contribution in [0.5, 0.6) is 0 Å². The first-order valence-electron chi connectivity index (χ1n) is 8.82. The molecular formula is C25H27HfP-2. The normalized spacial score (nSPS) is 10.1. The van der Waals surface area contributed by atoms with Gasteiger partial charge in [0.2, 0.25) is 0 Å². The van der Waals surface area contributed by atoms with Crippen LogP contribution in [0.25, 0.3) is 21.5 Å². The van der Waals surface area contributed by atoms with Crippen molar-refractivity contribution >= 4 is 34.8 Å². The Bertz CT molecular complexity index is 893. The van der Waals surface area contributed by atoms with Crippen LogP contribution in [-0.4, -0.2) is 13.3 Å². The molecule has 0 aliphatic carbocycles. The third kappa shape index (κ3) is 7.53. The van der Waals surface area contributed by atoms with Crippen LogP contribution in [0.3, 0.4) is 0 Å². The minimum absolute atomic E-state index is 0. The number of hydrogen-bond donors (Lipinski definition) is 0. The van der Waals surface area contributed by atoms with E-state index in [1.807, 2.05) is 19.1 Å². The van der Waals surface area contributed by atoms with E-state index in [0.29, 0.717) is 0 Å². The molecule has 0 N–H and O–H groups in total. The van der Waals surface area contributed by atoms with Crippen molar-refractivity contribution in [1.29, 1.82) is 0 Å². The number of benzene rings is 2. The Kier molecular flexibility index (Phi) is 11.1. The Morgan fingerprint density at radius 1 is 0.889 bits per heavy atom. The summed E-state index contributed by atoms with van der Waals surface area (Å²) in [6.07, 6.45) is 5.58. The molecule has 4 aromatic carbocycles. The summed E-state index contributed by atoms with van der Waals surface area (Å²) in [6.45, 7) is 10.0. The quantitative estimate of drug-likeness (QED) is 0.110. The Labute approximate surface area is 183 Å². The summed E-state index contributed by atoms with van der Waals surface area (Å²) in [5.74, 6) is 0. The Balaban J connectivity index is 0.000000217. The molecule has 138 valence electrons. The van der Waals surface area contributed by atoms with Crippen LogP contribution >= 0.6 is 7.92 Å². The van der Waals surface area contributed by atoms with Crippen molar-refractivity contribution in [1.82, 2.24) is 0 Å². The van der Waals surface area contributed by atoms with Gasteiger partial charge >= 0.3 is 0 Å². The van der Waals surface area contributed by atoms with Crippen LogP contribution in [0, 0.1) is 0 Å². The van der Waals surface area contributed by atoms with E-state index in [4.69, 9.17) is 0 Å². The fraction of sp³-hybridized carbons (Fsp3) is 0.120. The molecule has 27 heavy (non-hydrogen) atoms. The SMILES string of the molecule is C=CC=CC.CP(C)c1cc2ccccc2[cH-]1.[Hf].c1ccc2[cH-]ccc2c1. The van der Waals surface area contributed by atoms with Gasteiger partial charge in [0, 0.05) is 25.8 Å². The molecule has 0 unspecified atom stereocenters. The van der Waals surface area contributed by atoms with E-state index in [2.05, 4.69) is 98.8 Å². The zero-order chi connectivity index (χ0) is 18.8. The summed E-state index contributed by atoms with van der Waals surface area (Å²) in [7, 11) is 0.0576. The molecule has 0 spiro atoms. The minimum Gasteiger partial charge on any atom is -0.168 e. The van der Waals surface area contributed by atoms with Crippen LogP contribution in [0.15, 0.2) is 104 Å². The van der Waals surface area contributed by atoms with E-state index in [1.54, 1.807) is 6.08 Å². The molecule has 0 atom stereocenters. The second-order valence-electron chi connectivity index (χ2n) is 6.15. The van der Waals surface area contributed by atoms with Gasteiger partial charge in [0.15, 0.2) is 0 Å². The van der Waals surface area contributed by atoms with Gasteiger partial charge in [0.05, 0.1) is 0 Å². The molecule has 0 aliphatic heterocycles. The smallest absolute Gasteiger partial charge is 0 e. The predicted octanol–water partition coefficient (Wildman–Crippen LogP) is 7.23. The fourth-order valence-electron chi connectivity index (χ4n) is 2.60. The Hall–Kier alpha value is -1.56. The van der Waals surface area contributed by atoms with Gasteiger partial charge in [-0.15, -0.1) is 77.9 Å². The maximum absolute atomic E-state index is 3.46. The van der Waals surface area contributed by atoms with Gasteiger partial charge in [-0.2, -0.15) is 23.6 Å². The van der Waals surface area contributed by atoms with E-state index in [1.165, 1.54) is 26.8 Å². The van der Waals surface area contributed by atoms with E-state index in [9.17, 15) is 0 Å². The summed E-state index contributed by atoms with van der Waals surface area (Å²) in [6, 6.07) is 27.8. The first-order valence-corrected chi connectivity index (χ1v) is 11.1. The molecule has 0 nitrogen and oxygen atoms in total. The van der Waals surface area contributed by atoms with E-state index in [0.717, 1.165) is 0 Å². The zero-order valence-electron chi connectivity index (χ0n) is 16.4. The van der Waals surface area contributed by atoms with Gasteiger partial charge in [-0.25, -0.2) is 0 Å². The van der Waals surface area contributed by atoms with Gasteiger partial charge in [-0.1, -0.05) is 36.9 Å². The summed E-state index contributed by atoms with van der Waals surface area (Å²) >= 11 is 0. The summed E-state index contributed by atoms with van der Waals surface area (Å²) < 4.78 is 0. The largest absolute Gasteiger partial charge is 0.168 e. The summed E-state index contributed by atoms with van der Waals surface area (Å²) in [5.41, 5.74) is 0. The van der Waals surface area contributed by atoms with Crippen molar-refractivity contribution in [2.24, 2.45) is 0 Å². The molecule has 2 heteroatoms. The van der Waals surface area contributed by atoms with Crippen LogP contribution in [-0.2, 0) is 25.8 Å². The molecule has 0 heterocycles. The maximum atomic E-state index is 3.46. The zero-order valence-corrected chi connectivity index (χ0v) is 20.9. The van der Waals surface area contributed by atoms with Gasteiger partial charge in [-0.05, 0) is 20.3 Å². The number of allylic oxidation sites excluding steroid dienone is 3. The average molecular weight is 537 g/mol. The fourth-order valence-corrected chi connectivity index (χ4v) is 3.39. The predicted molar refractivity (Wildman–Crippen MR) is 122 cm³/mol. The number of hydrogen-bond acceptors (Lipinski definition) is 0. The molecule has 4 aromatic rings. The Morgan fingerprint density at radius 2 is 1.52 bits per heavy atom. The number of rotatable bonds is 2. The monoisotopic (exact) mass is 538 g/mol. The van der Waals surface area contributed by atoms with Crippen molar-refractivity contribution in [3.05, 3.63) is 104 Å². The molecular weight excluding hydrogens is 510 g/mol. The second kappa shape index (κ2) is 12.8. The first kappa shape index (κ1) is 23.5. The summed E-state index contributed by atoms with van der Waals surface area (Å²) in [4.78, 5) is 0. The van der Waals surface area contributed by atoms with E-state index in [-0.39, 0.29) is 33.8 Å². The van der Waals surface area contributed by atoms with Crippen molar-refractivity contribution in [3.8, 4) is 0 Å².